The second kappa shape index (κ2) is 5.53. The van der Waals surface area contributed by atoms with Crippen molar-refractivity contribution >= 4 is 0 Å². The molecular weight excluding hydrogens is 241 g/mol. The van der Waals surface area contributed by atoms with Crippen LogP contribution in [0.25, 0.3) is 5.69 Å². The fraction of sp³-hybridized carbons (Fsp3) is 0.400. The molecule has 0 aliphatic carbocycles. The third-order valence-electron chi connectivity index (χ3n) is 3.48. The maximum atomic E-state index is 13.4. The van der Waals surface area contributed by atoms with E-state index in [4.69, 9.17) is 5.73 Å². The van der Waals surface area contributed by atoms with Gasteiger partial charge < -0.3 is 5.73 Å². The number of aromatic nitrogens is 2. The number of rotatable bonds is 4. The number of nitrogens with zero attached hydrogens (tertiary/aromatic N) is 2. The molecule has 0 radical (unpaired) electrons. The smallest absolute Gasteiger partial charge is 0.123 e. The molecule has 0 saturated carbocycles. The van der Waals surface area contributed by atoms with Crippen LogP contribution < -0.4 is 5.73 Å². The van der Waals surface area contributed by atoms with Gasteiger partial charge in [-0.1, -0.05) is 6.92 Å². The van der Waals surface area contributed by atoms with Crippen molar-refractivity contribution in [3.05, 3.63) is 46.5 Å². The summed E-state index contributed by atoms with van der Waals surface area (Å²) in [7, 11) is 0. The molecule has 0 spiro atoms. The minimum Gasteiger partial charge on any atom is -0.330 e. The first kappa shape index (κ1) is 13.7. The van der Waals surface area contributed by atoms with Crippen LogP contribution in [0.15, 0.2) is 18.2 Å². The van der Waals surface area contributed by atoms with Crippen LogP contribution in [0.1, 0.15) is 29.4 Å². The van der Waals surface area contributed by atoms with E-state index < -0.39 is 0 Å². The standard InChI is InChI=1S/C15H20FN3/c1-4-14-10(2)18-19(11(14)3)15-6-5-13(16)9-12(15)7-8-17/h5-6,9H,4,7-8,17H2,1-3H3. The summed E-state index contributed by atoms with van der Waals surface area (Å²) in [6, 6.07) is 4.79. The zero-order valence-corrected chi connectivity index (χ0v) is 11.7. The molecule has 3 nitrogen and oxygen atoms in total. The Hall–Kier alpha value is -1.68. The van der Waals surface area contributed by atoms with E-state index in [1.165, 1.54) is 11.6 Å². The van der Waals surface area contributed by atoms with E-state index in [0.29, 0.717) is 13.0 Å². The average Bonchev–Trinajstić information content (AvgIpc) is 2.65. The van der Waals surface area contributed by atoms with Crippen LogP contribution in [0.5, 0.6) is 0 Å². The van der Waals surface area contributed by atoms with Gasteiger partial charge in [-0.15, -0.1) is 0 Å². The largest absolute Gasteiger partial charge is 0.330 e. The van der Waals surface area contributed by atoms with E-state index in [0.717, 1.165) is 29.1 Å². The van der Waals surface area contributed by atoms with Gasteiger partial charge in [-0.3, -0.25) is 0 Å². The van der Waals surface area contributed by atoms with Crippen molar-refractivity contribution in [2.75, 3.05) is 6.54 Å². The molecule has 1 heterocycles. The minimum atomic E-state index is -0.232. The number of benzene rings is 1. The second-order valence-electron chi connectivity index (χ2n) is 4.73. The van der Waals surface area contributed by atoms with E-state index in [9.17, 15) is 4.39 Å². The summed E-state index contributed by atoms with van der Waals surface area (Å²) in [6.45, 7) is 6.67. The van der Waals surface area contributed by atoms with Crippen molar-refractivity contribution < 1.29 is 4.39 Å². The van der Waals surface area contributed by atoms with E-state index in [-0.39, 0.29) is 5.82 Å². The number of aryl methyl sites for hydroxylation is 1. The Labute approximate surface area is 113 Å². The number of hydrogen-bond acceptors (Lipinski definition) is 2. The first-order chi connectivity index (χ1) is 9.08. The van der Waals surface area contributed by atoms with Crippen molar-refractivity contribution in [1.82, 2.24) is 9.78 Å². The predicted octanol–water partition coefficient (Wildman–Crippen LogP) is 2.69. The van der Waals surface area contributed by atoms with E-state index >= 15 is 0 Å². The highest BCUT2D eigenvalue weighted by molar-refractivity contribution is 5.44. The number of nitrogens with two attached hydrogens (primary N) is 1. The van der Waals surface area contributed by atoms with E-state index in [1.807, 2.05) is 11.6 Å². The molecule has 2 N–H and O–H groups in total. The number of hydrogen-bond donors (Lipinski definition) is 1. The highest BCUT2D eigenvalue weighted by atomic mass is 19.1. The third kappa shape index (κ3) is 2.54. The first-order valence-electron chi connectivity index (χ1n) is 6.62. The van der Waals surface area contributed by atoms with Crippen molar-refractivity contribution in [3.8, 4) is 5.69 Å². The molecule has 2 aromatic rings. The maximum absolute atomic E-state index is 13.4. The van der Waals surface area contributed by atoms with Crippen LogP contribution in [0.2, 0.25) is 0 Å². The minimum absolute atomic E-state index is 0.232. The molecule has 4 heteroatoms. The van der Waals surface area contributed by atoms with Gasteiger partial charge in [-0.2, -0.15) is 5.10 Å². The summed E-state index contributed by atoms with van der Waals surface area (Å²) < 4.78 is 15.3. The summed E-state index contributed by atoms with van der Waals surface area (Å²) in [5.41, 5.74) is 10.8. The zero-order valence-electron chi connectivity index (χ0n) is 11.7. The lowest BCUT2D eigenvalue weighted by molar-refractivity contribution is 0.623. The fourth-order valence-corrected chi connectivity index (χ4v) is 2.54. The van der Waals surface area contributed by atoms with Gasteiger partial charge in [0, 0.05) is 5.69 Å². The van der Waals surface area contributed by atoms with Crippen LogP contribution in [0.4, 0.5) is 4.39 Å². The van der Waals surface area contributed by atoms with Gasteiger partial charge in [0.2, 0.25) is 0 Å². The molecule has 0 fully saturated rings. The quantitative estimate of drug-likeness (QED) is 0.919. The molecule has 1 aromatic carbocycles. The molecule has 0 bridgehead atoms. The van der Waals surface area contributed by atoms with Crippen LogP contribution >= 0.6 is 0 Å². The van der Waals surface area contributed by atoms with E-state index in [1.54, 1.807) is 12.1 Å². The van der Waals surface area contributed by atoms with Crippen molar-refractivity contribution in [3.63, 3.8) is 0 Å². The Balaban J connectivity index is 2.58. The van der Waals surface area contributed by atoms with Gasteiger partial charge in [-0.25, -0.2) is 9.07 Å². The Morgan fingerprint density at radius 2 is 2.05 bits per heavy atom. The summed E-state index contributed by atoms with van der Waals surface area (Å²) in [4.78, 5) is 0. The Morgan fingerprint density at radius 1 is 1.32 bits per heavy atom. The molecular formula is C15H20FN3. The maximum Gasteiger partial charge on any atom is 0.123 e. The normalized spacial score (nSPS) is 11.0. The molecule has 0 unspecified atom stereocenters. The van der Waals surface area contributed by atoms with Crippen molar-refractivity contribution in [1.29, 1.82) is 0 Å². The Bertz CT molecular complexity index is 587. The Morgan fingerprint density at radius 3 is 2.63 bits per heavy atom. The summed E-state index contributed by atoms with van der Waals surface area (Å²) in [5.74, 6) is -0.232. The van der Waals surface area contributed by atoms with Gasteiger partial charge in [0.15, 0.2) is 0 Å². The lowest BCUT2D eigenvalue weighted by atomic mass is 10.1. The van der Waals surface area contributed by atoms with Gasteiger partial charge in [0.1, 0.15) is 5.82 Å². The van der Waals surface area contributed by atoms with Gasteiger partial charge in [0.25, 0.3) is 0 Å². The Kier molecular flexibility index (Phi) is 4.00. The zero-order chi connectivity index (χ0) is 14.0. The van der Waals surface area contributed by atoms with E-state index in [2.05, 4.69) is 18.9 Å². The highest BCUT2D eigenvalue weighted by Gasteiger charge is 2.14. The number of halogens is 1. The van der Waals surface area contributed by atoms with Gasteiger partial charge in [-0.05, 0) is 62.6 Å². The van der Waals surface area contributed by atoms with Crippen molar-refractivity contribution in [2.45, 2.75) is 33.6 Å². The highest BCUT2D eigenvalue weighted by Crippen LogP contribution is 2.22. The summed E-state index contributed by atoms with van der Waals surface area (Å²) >= 11 is 0. The first-order valence-corrected chi connectivity index (χ1v) is 6.62. The molecule has 0 aliphatic rings. The lowest BCUT2D eigenvalue weighted by Gasteiger charge is -2.11. The molecule has 0 atom stereocenters. The van der Waals surface area contributed by atoms with Gasteiger partial charge in [0.05, 0.1) is 11.4 Å². The molecule has 0 amide bonds. The topological polar surface area (TPSA) is 43.8 Å². The molecule has 0 saturated heterocycles. The summed E-state index contributed by atoms with van der Waals surface area (Å²) in [6.07, 6.45) is 1.60. The van der Waals surface area contributed by atoms with Crippen LogP contribution in [0, 0.1) is 19.7 Å². The van der Waals surface area contributed by atoms with Gasteiger partial charge >= 0.3 is 0 Å². The van der Waals surface area contributed by atoms with Crippen LogP contribution in [-0.4, -0.2) is 16.3 Å². The molecule has 2 rings (SSSR count). The SMILES string of the molecule is CCc1c(C)nn(-c2ccc(F)cc2CCN)c1C. The van der Waals surface area contributed by atoms with Crippen LogP contribution in [-0.2, 0) is 12.8 Å². The molecule has 1 aromatic heterocycles. The molecule has 0 aliphatic heterocycles. The monoisotopic (exact) mass is 261 g/mol. The molecule has 102 valence electrons. The lowest BCUT2D eigenvalue weighted by Crippen LogP contribution is -2.09. The third-order valence-corrected chi connectivity index (χ3v) is 3.48. The average molecular weight is 261 g/mol. The molecule has 19 heavy (non-hydrogen) atoms. The summed E-state index contributed by atoms with van der Waals surface area (Å²) in [5, 5.41) is 4.58. The predicted molar refractivity (Wildman–Crippen MR) is 75.1 cm³/mol. The van der Waals surface area contributed by atoms with Crippen molar-refractivity contribution in [2.24, 2.45) is 5.73 Å². The second-order valence-corrected chi connectivity index (χ2v) is 4.73. The van der Waals surface area contributed by atoms with Crippen LogP contribution in [0.3, 0.4) is 0 Å². The fourth-order valence-electron chi connectivity index (χ4n) is 2.54.